The Balaban J connectivity index is 2.72. The Morgan fingerprint density at radius 2 is 1.91 bits per heavy atom. The Morgan fingerprint density at radius 1 is 1.27 bits per heavy atom. The van der Waals surface area contributed by atoms with Gasteiger partial charge in [-0.05, 0) is 49.9 Å². The molecule has 0 spiro atoms. The highest BCUT2D eigenvalue weighted by molar-refractivity contribution is 7.17. The summed E-state index contributed by atoms with van der Waals surface area (Å²) in [7, 11) is 2.93. The summed E-state index contributed by atoms with van der Waals surface area (Å²) >= 11 is 0. The van der Waals surface area contributed by atoms with E-state index in [0.717, 1.165) is 5.66 Å². The molecule has 0 nitrogen and oxygen atoms in total. The van der Waals surface area contributed by atoms with Gasteiger partial charge in [0.05, 0.1) is 0 Å². The van der Waals surface area contributed by atoms with Crippen LogP contribution in [0.4, 0.5) is 0 Å². The maximum atomic E-state index is 2.93. The van der Waals surface area contributed by atoms with Crippen molar-refractivity contribution in [2.24, 2.45) is 0 Å². The molecule has 1 aliphatic carbocycles. The highest BCUT2D eigenvalue weighted by Crippen LogP contribution is 2.32. The van der Waals surface area contributed by atoms with Crippen molar-refractivity contribution in [2.75, 3.05) is 0 Å². The third-order valence-electron chi connectivity index (χ3n) is 2.38. The molecule has 1 aliphatic rings. The molecule has 0 aliphatic heterocycles. The number of rotatable bonds is 0. The normalized spacial score (nSPS) is 33.2. The minimum absolute atomic E-state index is 0.810. The molecular weight excluding hydrogens is 151 g/mol. The van der Waals surface area contributed by atoms with Crippen molar-refractivity contribution in [3.05, 3.63) is 23.3 Å². The predicted molar refractivity (Wildman–Crippen MR) is 54.9 cm³/mol. The summed E-state index contributed by atoms with van der Waals surface area (Å²) in [6, 6.07) is 0. The lowest BCUT2D eigenvalue weighted by atomic mass is 9.89. The molecule has 62 valence electrons. The van der Waals surface area contributed by atoms with E-state index in [9.17, 15) is 0 Å². The largest absolute Gasteiger partial charge is 0.134 e. The van der Waals surface area contributed by atoms with E-state index in [0.29, 0.717) is 0 Å². The summed E-state index contributed by atoms with van der Waals surface area (Å²) < 4.78 is 0. The standard InChI is InChI=1S/C10H17P/c1-3-8-5-6-10(11)7-9(8)4-2/h3-4,10H,5-7,11H2,1-2H3/b8-3-,9-4-. The summed E-state index contributed by atoms with van der Waals surface area (Å²) in [6.07, 6.45) is 8.37. The van der Waals surface area contributed by atoms with Gasteiger partial charge in [-0.2, -0.15) is 0 Å². The molecule has 0 heterocycles. The summed E-state index contributed by atoms with van der Waals surface area (Å²) in [4.78, 5) is 0. The molecule has 1 fully saturated rings. The highest BCUT2D eigenvalue weighted by atomic mass is 31.0. The van der Waals surface area contributed by atoms with Gasteiger partial charge in [-0.15, -0.1) is 9.24 Å². The van der Waals surface area contributed by atoms with Crippen LogP contribution in [0.2, 0.25) is 0 Å². The topological polar surface area (TPSA) is 0 Å². The maximum Gasteiger partial charge on any atom is -0.0216 e. The Kier molecular flexibility index (Phi) is 3.33. The quantitative estimate of drug-likeness (QED) is 0.487. The molecular formula is C10H17P. The molecule has 1 rings (SSSR count). The molecule has 0 amide bonds. The van der Waals surface area contributed by atoms with Gasteiger partial charge in [0.15, 0.2) is 0 Å². The van der Waals surface area contributed by atoms with Gasteiger partial charge in [-0.3, -0.25) is 0 Å². The molecule has 11 heavy (non-hydrogen) atoms. The molecule has 0 aromatic carbocycles. The van der Waals surface area contributed by atoms with Gasteiger partial charge in [0.25, 0.3) is 0 Å². The van der Waals surface area contributed by atoms with Gasteiger partial charge >= 0.3 is 0 Å². The fraction of sp³-hybridized carbons (Fsp3) is 0.600. The molecule has 0 saturated heterocycles. The molecule has 0 radical (unpaired) electrons. The molecule has 0 aromatic heterocycles. The van der Waals surface area contributed by atoms with Crippen molar-refractivity contribution in [2.45, 2.75) is 38.8 Å². The zero-order valence-corrected chi connectivity index (χ0v) is 8.59. The van der Waals surface area contributed by atoms with Gasteiger partial charge in [-0.25, -0.2) is 0 Å². The minimum atomic E-state index is 0.810. The van der Waals surface area contributed by atoms with Gasteiger partial charge in [0.2, 0.25) is 0 Å². The lowest BCUT2D eigenvalue weighted by Gasteiger charge is -2.23. The molecule has 2 atom stereocenters. The van der Waals surface area contributed by atoms with Crippen LogP contribution in [0.5, 0.6) is 0 Å². The Morgan fingerprint density at radius 3 is 2.45 bits per heavy atom. The Labute approximate surface area is 72.0 Å². The lowest BCUT2D eigenvalue weighted by molar-refractivity contribution is 0.694. The van der Waals surface area contributed by atoms with Crippen molar-refractivity contribution in [3.8, 4) is 0 Å². The lowest BCUT2D eigenvalue weighted by Crippen LogP contribution is -2.09. The molecule has 0 aromatic rings. The third kappa shape index (κ3) is 2.17. The first-order valence-electron chi connectivity index (χ1n) is 4.34. The van der Waals surface area contributed by atoms with Crippen molar-refractivity contribution in [3.63, 3.8) is 0 Å². The molecule has 1 saturated carbocycles. The van der Waals surface area contributed by atoms with Crippen LogP contribution in [0.1, 0.15) is 33.1 Å². The van der Waals surface area contributed by atoms with Crippen LogP contribution in [0.15, 0.2) is 23.3 Å². The number of hydrogen-bond donors (Lipinski definition) is 0. The molecule has 0 bridgehead atoms. The second-order valence-corrected chi connectivity index (χ2v) is 4.07. The van der Waals surface area contributed by atoms with E-state index in [1.165, 1.54) is 19.3 Å². The smallest absolute Gasteiger partial charge is 0.0216 e. The average Bonchev–Trinajstić information content (AvgIpc) is 2.04. The number of allylic oxidation sites excluding steroid dienone is 4. The van der Waals surface area contributed by atoms with E-state index in [2.05, 4.69) is 35.2 Å². The second kappa shape index (κ2) is 4.07. The maximum absolute atomic E-state index is 2.93. The van der Waals surface area contributed by atoms with E-state index in [1.54, 1.807) is 11.1 Å². The average molecular weight is 168 g/mol. The van der Waals surface area contributed by atoms with Crippen molar-refractivity contribution in [1.29, 1.82) is 0 Å². The van der Waals surface area contributed by atoms with Gasteiger partial charge < -0.3 is 0 Å². The zero-order chi connectivity index (χ0) is 8.27. The summed E-state index contributed by atoms with van der Waals surface area (Å²) in [5.41, 5.74) is 3.93. The molecule has 1 heteroatoms. The van der Waals surface area contributed by atoms with Crippen molar-refractivity contribution >= 4 is 9.24 Å². The fourth-order valence-corrected chi connectivity index (χ4v) is 2.07. The first kappa shape index (κ1) is 9.00. The highest BCUT2D eigenvalue weighted by Gasteiger charge is 2.15. The van der Waals surface area contributed by atoms with E-state index >= 15 is 0 Å². The Bertz CT molecular complexity index is 189. The van der Waals surface area contributed by atoms with Crippen LogP contribution in [0.3, 0.4) is 0 Å². The van der Waals surface area contributed by atoms with Crippen molar-refractivity contribution < 1.29 is 0 Å². The van der Waals surface area contributed by atoms with Crippen LogP contribution < -0.4 is 0 Å². The monoisotopic (exact) mass is 168 g/mol. The Hall–Kier alpha value is -0.0900. The van der Waals surface area contributed by atoms with Crippen LogP contribution in [0.25, 0.3) is 0 Å². The van der Waals surface area contributed by atoms with E-state index in [-0.39, 0.29) is 0 Å². The summed E-state index contributed by atoms with van der Waals surface area (Å²) in [5.74, 6) is 0. The summed E-state index contributed by atoms with van der Waals surface area (Å²) in [5, 5.41) is 0. The third-order valence-corrected chi connectivity index (χ3v) is 2.94. The minimum Gasteiger partial charge on any atom is -0.134 e. The van der Waals surface area contributed by atoms with Crippen molar-refractivity contribution in [1.82, 2.24) is 0 Å². The number of hydrogen-bond acceptors (Lipinski definition) is 0. The first-order valence-corrected chi connectivity index (χ1v) is 5.01. The molecule has 2 unspecified atom stereocenters. The predicted octanol–water partition coefficient (Wildman–Crippen LogP) is 3.31. The summed E-state index contributed by atoms with van der Waals surface area (Å²) in [6.45, 7) is 4.28. The van der Waals surface area contributed by atoms with E-state index in [1.807, 2.05) is 0 Å². The second-order valence-electron chi connectivity index (χ2n) is 3.13. The SMILES string of the molecule is C/C=C1/CCC(P)C/C1=C/C. The van der Waals surface area contributed by atoms with Crippen LogP contribution in [-0.4, -0.2) is 5.66 Å². The van der Waals surface area contributed by atoms with Crippen LogP contribution in [0, 0.1) is 0 Å². The van der Waals surface area contributed by atoms with Crippen LogP contribution in [-0.2, 0) is 0 Å². The van der Waals surface area contributed by atoms with E-state index in [4.69, 9.17) is 0 Å². The van der Waals surface area contributed by atoms with Gasteiger partial charge in [0.1, 0.15) is 0 Å². The van der Waals surface area contributed by atoms with E-state index < -0.39 is 0 Å². The first-order chi connectivity index (χ1) is 5.27. The van der Waals surface area contributed by atoms with Gasteiger partial charge in [0, 0.05) is 0 Å². The van der Waals surface area contributed by atoms with Crippen LogP contribution >= 0.6 is 9.24 Å². The van der Waals surface area contributed by atoms with Gasteiger partial charge in [-0.1, -0.05) is 12.2 Å². The molecule has 0 N–H and O–H groups in total. The zero-order valence-electron chi connectivity index (χ0n) is 7.43. The fourth-order valence-electron chi connectivity index (χ4n) is 1.65.